The van der Waals surface area contributed by atoms with E-state index in [0.717, 1.165) is 4.90 Å². The Morgan fingerprint density at radius 1 is 0.826 bits per heavy atom. The van der Waals surface area contributed by atoms with Crippen molar-refractivity contribution in [2.45, 2.75) is 16.6 Å². The summed E-state index contributed by atoms with van der Waals surface area (Å²) in [5.74, 6) is -0.420. The van der Waals surface area contributed by atoms with Crippen molar-refractivity contribution in [1.29, 1.82) is 0 Å². The molecule has 2 N–H and O–H groups in total. The molecule has 0 aromatic heterocycles. The van der Waals surface area contributed by atoms with E-state index in [2.05, 4.69) is 10.6 Å². The fourth-order valence-corrected chi connectivity index (χ4v) is 5.87. The first kappa shape index (κ1) is 31.9. The molecule has 11 heteroatoms. The lowest BCUT2D eigenvalue weighted by Crippen LogP contribution is -2.31. The van der Waals surface area contributed by atoms with Gasteiger partial charge in [-0.05, 0) is 72.3 Å². The van der Waals surface area contributed by atoms with Gasteiger partial charge in [0.15, 0.2) is 11.5 Å². The second-order valence-corrected chi connectivity index (χ2v) is 11.3. The van der Waals surface area contributed by atoms with Gasteiger partial charge in [0.05, 0.1) is 32.3 Å². The summed E-state index contributed by atoms with van der Waals surface area (Å²) in [4.78, 5) is 54.2. The fourth-order valence-electron chi connectivity index (χ4n) is 4.82. The molecule has 10 nitrogen and oxygen atoms in total. The summed E-state index contributed by atoms with van der Waals surface area (Å²) in [5.41, 5.74) is 1.86. The molecule has 1 fully saturated rings. The van der Waals surface area contributed by atoms with Gasteiger partial charge >= 0.3 is 0 Å². The van der Waals surface area contributed by atoms with Gasteiger partial charge in [-0.15, -0.1) is 11.8 Å². The minimum absolute atomic E-state index is 0.0300. The highest BCUT2D eigenvalue weighted by atomic mass is 32.2. The van der Waals surface area contributed by atoms with Crippen LogP contribution in [0.3, 0.4) is 0 Å². The van der Waals surface area contributed by atoms with Crippen LogP contribution in [-0.4, -0.2) is 50.2 Å². The van der Waals surface area contributed by atoms with Crippen LogP contribution in [0.4, 0.5) is 11.4 Å². The van der Waals surface area contributed by atoms with E-state index in [4.69, 9.17) is 14.2 Å². The third-order valence-corrected chi connectivity index (χ3v) is 8.23. The van der Waals surface area contributed by atoms with Gasteiger partial charge in [0.25, 0.3) is 11.8 Å². The predicted octanol–water partition coefficient (Wildman–Crippen LogP) is 5.55. The number of nitrogens with zero attached hydrogens (tertiary/aromatic N) is 1. The predicted molar refractivity (Wildman–Crippen MR) is 176 cm³/mol. The van der Waals surface area contributed by atoms with Crippen molar-refractivity contribution >= 4 is 52.8 Å². The van der Waals surface area contributed by atoms with Crippen LogP contribution in [0.5, 0.6) is 17.2 Å². The summed E-state index contributed by atoms with van der Waals surface area (Å²) in [6, 6.07) is 27.6. The quantitative estimate of drug-likeness (QED) is 0.162. The van der Waals surface area contributed by atoms with Gasteiger partial charge in [-0.1, -0.05) is 36.4 Å². The van der Waals surface area contributed by atoms with E-state index in [1.807, 2.05) is 6.07 Å². The van der Waals surface area contributed by atoms with Crippen LogP contribution >= 0.6 is 11.8 Å². The van der Waals surface area contributed by atoms with Crippen LogP contribution in [0.25, 0.3) is 6.08 Å². The topological polar surface area (TPSA) is 123 Å². The van der Waals surface area contributed by atoms with Crippen LogP contribution in [0.1, 0.15) is 22.3 Å². The summed E-state index contributed by atoms with van der Waals surface area (Å²) >= 11 is 1.29. The van der Waals surface area contributed by atoms with Gasteiger partial charge in [-0.2, -0.15) is 0 Å². The number of carbonyl (C=O) groups excluding carboxylic acids is 4. The van der Waals surface area contributed by atoms with E-state index in [1.54, 1.807) is 91.0 Å². The van der Waals surface area contributed by atoms with Crippen molar-refractivity contribution in [2.24, 2.45) is 0 Å². The van der Waals surface area contributed by atoms with Gasteiger partial charge in [0, 0.05) is 22.6 Å². The molecule has 234 valence electrons. The smallest absolute Gasteiger partial charge is 0.272 e. The van der Waals surface area contributed by atoms with Gasteiger partial charge in [-0.3, -0.25) is 19.2 Å². The van der Waals surface area contributed by atoms with Crippen molar-refractivity contribution < 1.29 is 33.4 Å². The van der Waals surface area contributed by atoms with E-state index in [-0.39, 0.29) is 23.9 Å². The van der Waals surface area contributed by atoms with Crippen molar-refractivity contribution in [3.05, 3.63) is 114 Å². The van der Waals surface area contributed by atoms with Crippen molar-refractivity contribution in [3.63, 3.8) is 0 Å². The Morgan fingerprint density at radius 3 is 2.02 bits per heavy atom. The Kier molecular flexibility index (Phi) is 10.0. The second kappa shape index (κ2) is 14.5. The highest BCUT2D eigenvalue weighted by molar-refractivity contribution is 8.00. The van der Waals surface area contributed by atoms with Crippen LogP contribution in [0.15, 0.2) is 108 Å². The lowest BCUT2D eigenvalue weighted by molar-refractivity contribution is -0.121. The number of carbonyl (C=O) groups is 4. The lowest BCUT2D eigenvalue weighted by atomic mass is 10.1. The molecule has 0 spiro atoms. The minimum Gasteiger partial charge on any atom is -0.493 e. The van der Waals surface area contributed by atoms with Crippen molar-refractivity contribution in [2.75, 3.05) is 31.5 Å². The van der Waals surface area contributed by atoms with Crippen LogP contribution in [0, 0.1) is 0 Å². The normalized spacial score (nSPS) is 14.5. The maximum atomic E-state index is 13.6. The first-order valence-corrected chi connectivity index (χ1v) is 15.1. The number of ether oxygens (including phenoxy) is 3. The zero-order valence-corrected chi connectivity index (χ0v) is 26.1. The molecule has 1 saturated heterocycles. The molecule has 1 unspecified atom stereocenters. The van der Waals surface area contributed by atoms with Crippen LogP contribution in [-0.2, 0) is 14.4 Å². The second-order valence-electron chi connectivity index (χ2n) is 10.0. The summed E-state index contributed by atoms with van der Waals surface area (Å²) in [6.07, 6.45) is 1.60. The number of anilines is 2. The molecular weight excluding hydrogens is 606 g/mol. The van der Waals surface area contributed by atoms with E-state index < -0.39 is 17.1 Å². The molecule has 4 amide bonds. The van der Waals surface area contributed by atoms with Crippen molar-refractivity contribution in [3.8, 4) is 17.2 Å². The zero-order chi connectivity index (χ0) is 32.6. The molecule has 1 atom stereocenters. The van der Waals surface area contributed by atoms with E-state index in [0.29, 0.717) is 39.8 Å². The number of methoxy groups -OCH3 is 3. The Balaban J connectivity index is 1.34. The highest BCUT2D eigenvalue weighted by Gasteiger charge is 2.40. The van der Waals surface area contributed by atoms with Crippen LogP contribution in [0.2, 0.25) is 0 Å². The monoisotopic (exact) mass is 637 g/mol. The summed E-state index contributed by atoms with van der Waals surface area (Å²) < 4.78 is 16.3. The molecule has 1 heterocycles. The van der Waals surface area contributed by atoms with E-state index in [9.17, 15) is 19.2 Å². The molecule has 4 aromatic rings. The first-order chi connectivity index (χ1) is 22.3. The molecule has 5 rings (SSSR count). The zero-order valence-electron chi connectivity index (χ0n) is 25.3. The Bertz CT molecular complexity index is 1750. The fraction of sp³-hybridized carbons (Fsp3) is 0.143. The SMILES string of the molecule is COc1cc(/C=C(\NC(=O)c2ccccc2)C(=O)Nc2ccc(SC3CC(=O)N(c4ccccc4)C3=O)cc2)cc(OC)c1OC. The van der Waals surface area contributed by atoms with E-state index >= 15 is 0 Å². The number of benzene rings is 4. The molecule has 4 aromatic carbocycles. The number of imide groups is 1. The molecular formula is C35H31N3O7S. The molecule has 0 bridgehead atoms. The number of rotatable bonds is 11. The summed E-state index contributed by atoms with van der Waals surface area (Å²) in [5, 5.41) is 4.97. The summed E-state index contributed by atoms with van der Waals surface area (Å²) in [7, 11) is 4.46. The highest BCUT2D eigenvalue weighted by Crippen LogP contribution is 2.39. The number of nitrogens with one attached hydrogen (secondary N) is 2. The standard InChI is InChI=1S/C35H31N3O7S/c1-43-28-19-22(20-29(44-2)32(28)45-3)18-27(37-33(40)23-10-6-4-7-11-23)34(41)36-24-14-16-26(17-15-24)46-30-21-31(39)38(35(30)42)25-12-8-5-9-13-25/h4-20,30H,21H2,1-3H3,(H,36,41)(H,37,40)/b27-18-. The van der Waals surface area contributed by atoms with E-state index in [1.165, 1.54) is 44.1 Å². The number of amides is 4. The average Bonchev–Trinajstić information content (AvgIpc) is 3.36. The maximum absolute atomic E-state index is 13.6. The third-order valence-electron chi connectivity index (χ3n) is 7.04. The Hall–Kier alpha value is -5.55. The Labute approximate surface area is 270 Å². The summed E-state index contributed by atoms with van der Waals surface area (Å²) in [6.45, 7) is 0. The molecule has 0 radical (unpaired) electrons. The number of thioether (sulfide) groups is 1. The molecule has 1 aliphatic heterocycles. The van der Waals surface area contributed by atoms with Gasteiger partial charge < -0.3 is 24.8 Å². The molecule has 1 aliphatic rings. The average molecular weight is 638 g/mol. The first-order valence-electron chi connectivity index (χ1n) is 14.2. The van der Waals surface area contributed by atoms with Gasteiger partial charge in [0.2, 0.25) is 17.6 Å². The Morgan fingerprint density at radius 2 is 1.43 bits per heavy atom. The van der Waals surface area contributed by atoms with Crippen LogP contribution < -0.4 is 29.7 Å². The molecule has 0 saturated carbocycles. The largest absolute Gasteiger partial charge is 0.493 e. The van der Waals surface area contributed by atoms with Crippen molar-refractivity contribution in [1.82, 2.24) is 5.32 Å². The van der Waals surface area contributed by atoms with Gasteiger partial charge in [0.1, 0.15) is 5.70 Å². The molecule has 46 heavy (non-hydrogen) atoms. The number of hydrogen-bond donors (Lipinski definition) is 2. The molecule has 0 aliphatic carbocycles. The number of para-hydroxylation sites is 1. The lowest BCUT2D eigenvalue weighted by Gasteiger charge is -2.15. The number of hydrogen-bond acceptors (Lipinski definition) is 8. The minimum atomic E-state index is -0.575. The third kappa shape index (κ3) is 7.22. The van der Waals surface area contributed by atoms with Gasteiger partial charge in [-0.25, -0.2) is 4.90 Å². The maximum Gasteiger partial charge on any atom is 0.272 e.